The summed E-state index contributed by atoms with van der Waals surface area (Å²) in [5.41, 5.74) is 4.81. The van der Waals surface area contributed by atoms with Crippen molar-refractivity contribution in [1.82, 2.24) is 0 Å². The number of carbonyl (C=O) groups is 1. The molecule has 3 heteroatoms. The normalized spacial score (nSPS) is 16.5. The van der Waals surface area contributed by atoms with Gasteiger partial charge in [-0.05, 0) is 42.5 Å². The molecular formula is C19H21NO2. The second-order valence-corrected chi connectivity index (χ2v) is 5.62. The van der Waals surface area contributed by atoms with E-state index in [9.17, 15) is 4.79 Å². The molecule has 22 heavy (non-hydrogen) atoms. The third kappa shape index (κ3) is 3.30. The molecule has 0 spiro atoms. The highest BCUT2D eigenvalue weighted by atomic mass is 16.5. The molecule has 1 atom stereocenters. The molecule has 114 valence electrons. The predicted octanol–water partition coefficient (Wildman–Crippen LogP) is 3.89. The Morgan fingerprint density at radius 2 is 2.05 bits per heavy atom. The molecule has 2 aromatic rings. The second kappa shape index (κ2) is 6.65. The number of ether oxygens (including phenoxy) is 1. The number of hydrogen-bond donors (Lipinski definition) is 1. The van der Waals surface area contributed by atoms with Crippen molar-refractivity contribution in [3.63, 3.8) is 0 Å². The van der Waals surface area contributed by atoms with E-state index in [1.54, 1.807) is 0 Å². The summed E-state index contributed by atoms with van der Waals surface area (Å²) < 4.78 is 5.01. The van der Waals surface area contributed by atoms with Crippen LogP contribution in [-0.2, 0) is 22.4 Å². The average Bonchev–Trinajstić information content (AvgIpc) is 2.55. The van der Waals surface area contributed by atoms with Gasteiger partial charge in [-0.2, -0.15) is 0 Å². The van der Waals surface area contributed by atoms with Crippen molar-refractivity contribution in [2.75, 3.05) is 11.9 Å². The van der Waals surface area contributed by atoms with E-state index in [2.05, 4.69) is 41.7 Å². The fourth-order valence-corrected chi connectivity index (χ4v) is 2.98. The number of esters is 1. The number of hydrogen-bond acceptors (Lipinski definition) is 3. The maximum atomic E-state index is 11.6. The summed E-state index contributed by atoms with van der Waals surface area (Å²) in [6, 6.07) is 17.1. The van der Waals surface area contributed by atoms with Gasteiger partial charge < -0.3 is 10.1 Å². The van der Waals surface area contributed by atoms with Gasteiger partial charge in [0.25, 0.3) is 0 Å². The first-order valence-electron chi connectivity index (χ1n) is 7.85. The molecule has 1 unspecified atom stereocenters. The summed E-state index contributed by atoms with van der Waals surface area (Å²) in [6.45, 7) is 2.27. The lowest BCUT2D eigenvalue weighted by molar-refractivity contribution is -0.142. The van der Waals surface area contributed by atoms with Crippen molar-refractivity contribution in [3.05, 3.63) is 65.2 Å². The summed E-state index contributed by atoms with van der Waals surface area (Å²) in [5, 5.41) is 3.60. The van der Waals surface area contributed by atoms with E-state index >= 15 is 0 Å². The summed E-state index contributed by atoms with van der Waals surface area (Å²) in [6.07, 6.45) is 2.45. The van der Waals surface area contributed by atoms with Crippen LogP contribution in [0.15, 0.2) is 48.5 Å². The van der Waals surface area contributed by atoms with Gasteiger partial charge in [-0.25, -0.2) is 0 Å². The number of rotatable bonds is 4. The zero-order valence-electron chi connectivity index (χ0n) is 12.8. The molecule has 3 nitrogen and oxygen atoms in total. The van der Waals surface area contributed by atoms with Gasteiger partial charge in [-0.15, -0.1) is 0 Å². The third-order valence-electron chi connectivity index (χ3n) is 4.06. The molecule has 0 saturated carbocycles. The molecule has 1 aliphatic heterocycles. The van der Waals surface area contributed by atoms with Crippen LogP contribution in [0.5, 0.6) is 0 Å². The molecule has 2 aromatic carbocycles. The lowest BCUT2D eigenvalue weighted by Gasteiger charge is -2.28. The molecule has 0 amide bonds. The van der Waals surface area contributed by atoms with Gasteiger partial charge in [0.05, 0.1) is 19.1 Å². The van der Waals surface area contributed by atoms with E-state index in [0.717, 1.165) is 18.4 Å². The van der Waals surface area contributed by atoms with E-state index < -0.39 is 0 Å². The number of benzene rings is 2. The van der Waals surface area contributed by atoms with Crippen LogP contribution in [0.3, 0.4) is 0 Å². The highest BCUT2D eigenvalue weighted by Crippen LogP contribution is 2.33. The van der Waals surface area contributed by atoms with Crippen LogP contribution in [0.25, 0.3) is 0 Å². The van der Waals surface area contributed by atoms with Crippen LogP contribution in [0.1, 0.15) is 36.1 Å². The molecule has 1 aliphatic rings. The Labute approximate surface area is 131 Å². The van der Waals surface area contributed by atoms with Gasteiger partial charge in [0, 0.05) is 5.69 Å². The Bertz CT molecular complexity index is 652. The Morgan fingerprint density at radius 3 is 2.82 bits per heavy atom. The number of nitrogens with one attached hydrogen (secondary N) is 1. The van der Waals surface area contributed by atoms with Crippen molar-refractivity contribution < 1.29 is 9.53 Å². The third-order valence-corrected chi connectivity index (χ3v) is 4.06. The smallest absolute Gasteiger partial charge is 0.310 e. The Hall–Kier alpha value is -2.29. The van der Waals surface area contributed by atoms with Crippen molar-refractivity contribution in [2.24, 2.45) is 0 Å². The molecular weight excluding hydrogens is 274 g/mol. The molecule has 0 fully saturated rings. The van der Waals surface area contributed by atoms with Crippen molar-refractivity contribution >= 4 is 11.7 Å². The zero-order chi connectivity index (χ0) is 15.4. The minimum absolute atomic E-state index is 0.159. The standard InChI is InChI=1S/C19H21NO2/c1-2-22-19(21)13-14-8-10-18-16(12-14)9-11-17(20-18)15-6-4-3-5-7-15/h3-8,10,12,17,20H,2,9,11,13H2,1H3. The molecule has 1 N–H and O–H groups in total. The molecule has 0 aliphatic carbocycles. The molecule has 1 heterocycles. The van der Waals surface area contributed by atoms with Gasteiger partial charge in [0.15, 0.2) is 0 Å². The summed E-state index contributed by atoms with van der Waals surface area (Å²) in [4.78, 5) is 11.6. The first-order valence-corrected chi connectivity index (χ1v) is 7.85. The number of carbonyl (C=O) groups excluding carboxylic acids is 1. The minimum Gasteiger partial charge on any atom is -0.466 e. The average molecular weight is 295 g/mol. The first kappa shape index (κ1) is 14.6. The summed E-state index contributed by atoms with van der Waals surface area (Å²) in [7, 11) is 0. The maximum absolute atomic E-state index is 11.6. The lowest BCUT2D eigenvalue weighted by Crippen LogP contribution is -2.18. The largest absolute Gasteiger partial charge is 0.466 e. The monoisotopic (exact) mass is 295 g/mol. The lowest BCUT2D eigenvalue weighted by atomic mass is 9.92. The van der Waals surface area contributed by atoms with E-state index in [1.165, 1.54) is 16.8 Å². The predicted molar refractivity (Wildman–Crippen MR) is 87.9 cm³/mol. The summed E-state index contributed by atoms with van der Waals surface area (Å²) >= 11 is 0. The zero-order valence-corrected chi connectivity index (χ0v) is 12.8. The molecule has 3 rings (SSSR count). The molecule has 0 aromatic heterocycles. The molecule has 0 saturated heterocycles. The van der Waals surface area contributed by atoms with Gasteiger partial charge in [0.1, 0.15) is 0 Å². The van der Waals surface area contributed by atoms with Crippen LogP contribution in [0.2, 0.25) is 0 Å². The van der Waals surface area contributed by atoms with E-state index in [4.69, 9.17) is 4.74 Å². The fourth-order valence-electron chi connectivity index (χ4n) is 2.98. The topological polar surface area (TPSA) is 38.3 Å². The Balaban J connectivity index is 1.72. The number of anilines is 1. The van der Waals surface area contributed by atoms with Crippen LogP contribution < -0.4 is 5.32 Å². The second-order valence-electron chi connectivity index (χ2n) is 5.62. The van der Waals surface area contributed by atoms with Gasteiger partial charge in [-0.3, -0.25) is 4.79 Å². The fraction of sp³-hybridized carbons (Fsp3) is 0.316. The van der Waals surface area contributed by atoms with Crippen molar-refractivity contribution in [2.45, 2.75) is 32.2 Å². The summed E-state index contributed by atoms with van der Waals surface area (Å²) in [5.74, 6) is -0.159. The minimum atomic E-state index is -0.159. The highest BCUT2D eigenvalue weighted by molar-refractivity contribution is 5.73. The van der Waals surface area contributed by atoms with Crippen molar-refractivity contribution in [3.8, 4) is 0 Å². The number of fused-ring (bicyclic) bond motifs is 1. The van der Waals surface area contributed by atoms with E-state index in [1.807, 2.05) is 19.1 Å². The van der Waals surface area contributed by atoms with Crippen LogP contribution in [0, 0.1) is 0 Å². The Kier molecular flexibility index (Phi) is 4.42. The van der Waals surface area contributed by atoms with Gasteiger partial charge >= 0.3 is 5.97 Å². The SMILES string of the molecule is CCOC(=O)Cc1ccc2c(c1)CCC(c1ccccc1)N2. The molecule has 0 radical (unpaired) electrons. The first-order chi connectivity index (χ1) is 10.8. The van der Waals surface area contributed by atoms with Crippen LogP contribution >= 0.6 is 0 Å². The Morgan fingerprint density at radius 1 is 1.23 bits per heavy atom. The highest BCUT2D eigenvalue weighted by Gasteiger charge is 2.19. The van der Waals surface area contributed by atoms with E-state index in [0.29, 0.717) is 19.1 Å². The van der Waals surface area contributed by atoms with Gasteiger partial charge in [-0.1, -0.05) is 42.5 Å². The van der Waals surface area contributed by atoms with Crippen molar-refractivity contribution in [1.29, 1.82) is 0 Å². The molecule has 0 bridgehead atoms. The van der Waals surface area contributed by atoms with E-state index in [-0.39, 0.29) is 5.97 Å². The quantitative estimate of drug-likeness (QED) is 0.870. The maximum Gasteiger partial charge on any atom is 0.310 e. The number of aryl methyl sites for hydroxylation is 1. The van der Waals surface area contributed by atoms with Crippen LogP contribution in [0.4, 0.5) is 5.69 Å². The van der Waals surface area contributed by atoms with Gasteiger partial charge in [0.2, 0.25) is 0 Å². The van der Waals surface area contributed by atoms with Crippen LogP contribution in [-0.4, -0.2) is 12.6 Å².